The molecule has 0 fully saturated rings. The average Bonchev–Trinajstić information content (AvgIpc) is 2.05. The maximum absolute atomic E-state index is 10.8. The SMILES string of the molecule is Cc1ccc(OS)cc1C(N)=O. The van der Waals surface area contributed by atoms with Crippen LogP contribution in [0.25, 0.3) is 0 Å². The molecule has 1 rings (SSSR count). The normalized spacial score (nSPS) is 9.50. The van der Waals surface area contributed by atoms with Crippen LogP contribution < -0.4 is 9.92 Å². The maximum Gasteiger partial charge on any atom is 0.249 e. The van der Waals surface area contributed by atoms with Crippen LogP contribution in [0.15, 0.2) is 18.2 Å². The van der Waals surface area contributed by atoms with Crippen LogP contribution in [0.1, 0.15) is 15.9 Å². The number of nitrogens with two attached hydrogens (primary N) is 1. The van der Waals surface area contributed by atoms with Crippen molar-refractivity contribution in [3.63, 3.8) is 0 Å². The molecule has 0 aliphatic carbocycles. The Labute approximate surface area is 76.1 Å². The fraction of sp³-hybridized carbons (Fsp3) is 0.125. The molecule has 0 bridgehead atoms. The van der Waals surface area contributed by atoms with Crippen molar-refractivity contribution in [3.8, 4) is 5.75 Å². The summed E-state index contributed by atoms with van der Waals surface area (Å²) in [5.41, 5.74) is 6.41. The number of hydrogen-bond donors (Lipinski definition) is 2. The molecule has 0 spiro atoms. The van der Waals surface area contributed by atoms with Crippen LogP contribution in [0.3, 0.4) is 0 Å². The Morgan fingerprint density at radius 3 is 2.75 bits per heavy atom. The molecule has 12 heavy (non-hydrogen) atoms. The van der Waals surface area contributed by atoms with Gasteiger partial charge in [0.1, 0.15) is 5.75 Å². The Bertz CT molecular complexity index is 312. The Kier molecular flexibility index (Phi) is 2.60. The Balaban J connectivity index is 3.17. The van der Waals surface area contributed by atoms with E-state index in [0.29, 0.717) is 11.3 Å². The second-order valence-electron chi connectivity index (χ2n) is 2.43. The summed E-state index contributed by atoms with van der Waals surface area (Å²) in [6.45, 7) is 1.81. The second kappa shape index (κ2) is 3.49. The highest BCUT2D eigenvalue weighted by atomic mass is 32.1. The van der Waals surface area contributed by atoms with E-state index in [2.05, 4.69) is 17.1 Å². The molecule has 4 heteroatoms. The first-order valence-electron chi connectivity index (χ1n) is 3.37. The molecule has 0 saturated carbocycles. The molecule has 64 valence electrons. The average molecular weight is 183 g/mol. The van der Waals surface area contributed by atoms with Crippen molar-refractivity contribution in [1.82, 2.24) is 0 Å². The summed E-state index contributed by atoms with van der Waals surface area (Å²) < 4.78 is 4.65. The van der Waals surface area contributed by atoms with Gasteiger partial charge in [-0.2, -0.15) is 0 Å². The van der Waals surface area contributed by atoms with Gasteiger partial charge in [-0.1, -0.05) is 6.07 Å². The maximum atomic E-state index is 10.8. The van der Waals surface area contributed by atoms with E-state index < -0.39 is 5.91 Å². The summed E-state index contributed by atoms with van der Waals surface area (Å²) >= 11 is 3.61. The highest BCUT2D eigenvalue weighted by molar-refractivity contribution is 7.75. The van der Waals surface area contributed by atoms with Crippen molar-refractivity contribution in [2.75, 3.05) is 0 Å². The van der Waals surface area contributed by atoms with Crippen LogP contribution in [0.4, 0.5) is 0 Å². The van der Waals surface area contributed by atoms with Crippen molar-refractivity contribution in [1.29, 1.82) is 0 Å². The number of primary amides is 1. The van der Waals surface area contributed by atoms with Crippen LogP contribution in [-0.4, -0.2) is 5.91 Å². The summed E-state index contributed by atoms with van der Waals surface area (Å²) in [7, 11) is 0. The van der Waals surface area contributed by atoms with Crippen LogP contribution in [-0.2, 0) is 0 Å². The number of rotatable bonds is 2. The molecule has 0 aromatic heterocycles. The van der Waals surface area contributed by atoms with Crippen molar-refractivity contribution < 1.29 is 8.98 Å². The predicted octanol–water partition coefficient (Wildman–Crippen LogP) is 1.32. The van der Waals surface area contributed by atoms with Crippen LogP contribution in [0.5, 0.6) is 5.75 Å². The lowest BCUT2D eigenvalue weighted by Gasteiger charge is -2.03. The molecular weight excluding hydrogens is 174 g/mol. The lowest BCUT2D eigenvalue weighted by atomic mass is 10.1. The third-order valence-electron chi connectivity index (χ3n) is 1.58. The van der Waals surface area contributed by atoms with Gasteiger partial charge in [0.2, 0.25) is 5.91 Å². The summed E-state index contributed by atoms with van der Waals surface area (Å²) in [6.07, 6.45) is 0. The van der Waals surface area contributed by atoms with Crippen LogP contribution in [0, 0.1) is 6.92 Å². The molecule has 0 unspecified atom stereocenters. The fourth-order valence-electron chi connectivity index (χ4n) is 0.923. The van der Waals surface area contributed by atoms with Gasteiger partial charge in [0.05, 0.1) is 0 Å². The third-order valence-corrected chi connectivity index (χ3v) is 1.79. The Hall–Kier alpha value is -1.16. The number of aryl methyl sites for hydroxylation is 1. The monoisotopic (exact) mass is 183 g/mol. The molecule has 1 amide bonds. The van der Waals surface area contributed by atoms with Gasteiger partial charge in [-0.3, -0.25) is 4.79 Å². The number of benzene rings is 1. The lowest BCUT2D eigenvalue weighted by Crippen LogP contribution is -2.12. The van der Waals surface area contributed by atoms with Crippen molar-refractivity contribution in [2.45, 2.75) is 6.92 Å². The van der Waals surface area contributed by atoms with Crippen molar-refractivity contribution in [3.05, 3.63) is 29.3 Å². The second-order valence-corrected chi connectivity index (χ2v) is 2.61. The van der Waals surface area contributed by atoms with E-state index in [9.17, 15) is 4.79 Å². The third kappa shape index (κ3) is 1.71. The van der Waals surface area contributed by atoms with E-state index in [4.69, 9.17) is 5.73 Å². The van der Waals surface area contributed by atoms with E-state index in [-0.39, 0.29) is 0 Å². The predicted molar refractivity (Wildman–Crippen MR) is 49.3 cm³/mol. The van der Waals surface area contributed by atoms with E-state index in [1.807, 2.05) is 6.92 Å². The summed E-state index contributed by atoms with van der Waals surface area (Å²) in [5, 5.41) is 0. The molecular formula is C8H9NO2S. The Morgan fingerprint density at radius 2 is 2.25 bits per heavy atom. The van der Waals surface area contributed by atoms with Gasteiger partial charge in [-0.25, -0.2) is 0 Å². The molecule has 0 aliphatic rings. The standard InChI is InChI=1S/C8H9NO2S/c1-5-2-3-6(11-12)4-7(5)8(9)10/h2-4,12H,1H3,(H2,9,10). The van der Waals surface area contributed by atoms with Crippen molar-refractivity contribution in [2.24, 2.45) is 5.73 Å². The van der Waals surface area contributed by atoms with Gasteiger partial charge >= 0.3 is 0 Å². The quantitative estimate of drug-likeness (QED) is 0.536. The zero-order valence-corrected chi connectivity index (χ0v) is 7.47. The number of hydrogen-bond acceptors (Lipinski definition) is 3. The zero-order chi connectivity index (χ0) is 9.14. The zero-order valence-electron chi connectivity index (χ0n) is 6.57. The molecule has 3 nitrogen and oxygen atoms in total. The molecule has 1 aromatic rings. The summed E-state index contributed by atoms with van der Waals surface area (Å²) in [6, 6.07) is 5.03. The van der Waals surface area contributed by atoms with E-state index in [1.165, 1.54) is 0 Å². The minimum Gasteiger partial charge on any atom is -0.429 e. The smallest absolute Gasteiger partial charge is 0.249 e. The van der Waals surface area contributed by atoms with E-state index >= 15 is 0 Å². The largest absolute Gasteiger partial charge is 0.429 e. The first kappa shape index (κ1) is 8.93. The Morgan fingerprint density at radius 1 is 1.58 bits per heavy atom. The van der Waals surface area contributed by atoms with Gasteiger partial charge in [-0.05, 0) is 24.6 Å². The van der Waals surface area contributed by atoms with E-state index in [1.54, 1.807) is 18.2 Å². The highest BCUT2D eigenvalue weighted by Gasteiger charge is 2.05. The number of carbonyl (C=O) groups is 1. The first-order chi connectivity index (χ1) is 5.65. The number of carbonyl (C=O) groups excluding carboxylic acids is 1. The number of thiol groups is 1. The molecule has 2 N–H and O–H groups in total. The van der Waals surface area contributed by atoms with Gasteiger partial charge in [0, 0.05) is 18.5 Å². The molecule has 0 atom stereocenters. The summed E-state index contributed by atoms with van der Waals surface area (Å²) in [5.74, 6) is 0.0532. The minimum absolute atomic E-state index is 0.459. The molecule has 0 aliphatic heterocycles. The lowest BCUT2D eigenvalue weighted by molar-refractivity contribution is 0.0999. The molecule has 0 saturated heterocycles. The van der Waals surface area contributed by atoms with Crippen molar-refractivity contribution >= 4 is 18.8 Å². The fourth-order valence-corrected chi connectivity index (χ4v) is 1.04. The minimum atomic E-state index is -0.459. The highest BCUT2D eigenvalue weighted by Crippen LogP contribution is 2.17. The van der Waals surface area contributed by atoms with Crippen LogP contribution in [0.2, 0.25) is 0 Å². The summed E-state index contributed by atoms with van der Waals surface area (Å²) in [4.78, 5) is 10.8. The van der Waals surface area contributed by atoms with Crippen LogP contribution >= 0.6 is 12.9 Å². The van der Waals surface area contributed by atoms with E-state index in [0.717, 1.165) is 5.56 Å². The molecule has 0 radical (unpaired) electrons. The molecule has 0 heterocycles. The topological polar surface area (TPSA) is 52.3 Å². The van der Waals surface area contributed by atoms with Gasteiger partial charge in [0.15, 0.2) is 0 Å². The molecule has 1 aromatic carbocycles. The number of amides is 1. The van der Waals surface area contributed by atoms with Gasteiger partial charge in [0.25, 0.3) is 0 Å². The van der Waals surface area contributed by atoms with Gasteiger partial charge in [-0.15, -0.1) is 0 Å². The first-order valence-corrected chi connectivity index (χ1v) is 3.73. The van der Waals surface area contributed by atoms with Gasteiger partial charge < -0.3 is 9.92 Å².